The highest BCUT2D eigenvalue weighted by Crippen LogP contribution is 2.37. The van der Waals surface area contributed by atoms with Gasteiger partial charge in [0.15, 0.2) is 0 Å². The van der Waals surface area contributed by atoms with Crippen LogP contribution in [-0.4, -0.2) is 11.8 Å². The molecular weight excluding hydrogens is 420 g/mol. The van der Waals surface area contributed by atoms with Crippen LogP contribution in [0, 0.1) is 34.6 Å². The molecule has 32 heavy (non-hydrogen) atoms. The summed E-state index contributed by atoms with van der Waals surface area (Å²) in [7, 11) is 0. The van der Waals surface area contributed by atoms with Crippen molar-refractivity contribution in [2.24, 2.45) is 0 Å². The van der Waals surface area contributed by atoms with Gasteiger partial charge in [0.25, 0.3) is 11.8 Å². The maximum Gasteiger partial charge on any atom is 0.282 e. The minimum Gasteiger partial charge on any atom is -0.350 e. The first-order valence-corrected chi connectivity index (χ1v) is 10.9. The van der Waals surface area contributed by atoms with Gasteiger partial charge in [-0.3, -0.25) is 9.59 Å². The van der Waals surface area contributed by atoms with Gasteiger partial charge in [-0.15, -0.1) is 0 Å². The molecule has 2 amide bonds. The van der Waals surface area contributed by atoms with Gasteiger partial charge in [-0.25, -0.2) is 4.90 Å². The van der Waals surface area contributed by atoms with Gasteiger partial charge < -0.3 is 5.32 Å². The zero-order valence-electron chi connectivity index (χ0n) is 18.8. The fraction of sp³-hybridized carbons (Fsp3) is 0.185. The van der Waals surface area contributed by atoms with E-state index in [2.05, 4.69) is 5.32 Å². The number of aryl methyl sites for hydroxylation is 5. The summed E-state index contributed by atoms with van der Waals surface area (Å²) in [5.74, 6) is -0.727. The highest BCUT2D eigenvalue weighted by atomic mass is 35.5. The molecule has 0 saturated carbocycles. The number of carbonyl (C=O) groups is 2. The molecule has 162 valence electrons. The van der Waals surface area contributed by atoms with Crippen LogP contribution in [-0.2, 0) is 9.59 Å². The Kier molecular flexibility index (Phi) is 5.66. The molecule has 0 unspecified atom stereocenters. The van der Waals surface area contributed by atoms with Crippen LogP contribution in [0.1, 0.15) is 33.4 Å². The van der Waals surface area contributed by atoms with Crippen molar-refractivity contribution in [3.63, 3.8) is 0 Å². The molecule has 1 N–H and O–H groups in total. The molecule has 0 aromatic heterocycles. The zero-order chi connectivity index (χ0) is 23.2. The first-order chi connectivity index (χ1) is 15.2. The summed E-state index contributed by atoms with van der Waals surface area (Å²) in [6.07, 6.45) is 0. The minimum atomic E-state index is -0.379. The van der Waals surface area contributed by atoms with Crippen molar-refractivity contribution in [2.75, 3.05) is 10.2 Å². The topological polar surface area (TPSA) is 49.4 Å². The summed E-state index contributed by atoms with van der Waals surface area (Å²) >= 11 is 6.11. The Balaban J connectivity index is 1.89. The lowest BCUT2D eigenvalue weighted by molar-refractivity contribution is -0.120. The minimum absolute atomic E-state index is 0.281. The SMILES string of the molecule is Cc1ccc(NC2=C(c3ccc(C)cc3C)C(=O)N(c3ccc(Cl)cc3C)C2=O)c(C)c1. The fourth-order valence-electron chi connectivity index (χ4n) is 4.17. The highest BCUT2D eigenvalue weighted by Gasteiger charge is 2.41. The first kappa shape index (κ1) is 21.8. The lowest BCUT2D eigenvalue weighted by Crippen LogP contribution is -2.33. The Morgan fingerprint density at radius 2 is 1.38 bits per heavy atom. The Bertz CT molecular complexity index is 1310. The molecule has 0 fully saturated rings. The number of halogens is 1. The average molecular weight is 445 g/mol. The number of carbonyl (C=O) groups excluding carboxylic acids is 2. The van der Waals surface area contributed by atoms with Gasteiger partial charge in [0.1, 0.15) is 5.70 Å². The van der Waals surface area contributed by atoms with E-state index in [4.69, 9.17) is 11.6 Å². The van der Waals surface area contributed by atoms with E-state index in [0.717, 1.165) is 39.1 Å². The third-order valence-corrected chi connectivity index (χ3v) is 6.01. The second-order valence-corrected chi connectivity index (χ2v) is 8.82. The van der Waals surface area contributed by atoms with Crippen LogP contribution in [0.25, 0.3) is 5.57 Å². The molecule has 0 bridgehead atoms. The summed E-state index contributed by atoms with van der Waals surface area (Å²) in [6, 6.07) is 17.0. The normalized spacial score (nSPS) is 13.9. The Labute approximate surface area is 193 Å². The number of nitrogens with one attached hydrogen (secondary N) is 1. The van der Waals surface area contributed by atoms with Gasteiger partial charge in [-0.05, 0) is 81.1 Å². The van der Waals surface area contributed by atoms with Crippen molar-refractivity contribution in [3.05, 3.63) is 98.7 Å². The molecule has 3 aromatic carbocycles. The van der Waals surface area contributed by atoms with Crippen molar-refractivity contribution in [3.8, 4) is 0 Å². The molecule has 0 aliphatic carbocycles. The van der Waals surface area contributed by atoms with E-state index in [1.807, 2.05) is 71.0 Å². The Hall–Kier alpha value is -3.37. The van der Waals surface area contributed by atoms with Crippen LogP contribution in [0.4, 0.5) is 11.4 Å². The van der Waals surface area contributed by atoms with E-state index < -0.39 is 0 Å². The van der Waals surface area contributed by atoms with Gasteiger partial charge in [-0.2, -0.15) is 0 Å². The van der Waals surface area contributed by atoms with Gasteiger partial charge in [-0.1, -0.05) is 53.1 Å². The number of rotatable bonds is 4. The molecule has 5 heteroatoms. The second kappa shape index (κ2) is 8.29. The molecule has 3 aromatic rings. The van der Waals surface area contributed by atoms with Gasteiger partial charge in [0.2, 0.25) is 0 Å². The van der Waals surface area contributed by atoms with E-state index in [9.17, 15) is 9.59 Å². The van der Waals surface area contributed by atoms with Crippen molar-refractivity contribution < 1.29 is 9.59 Å². The number of imide groups is 1. The van der Waals surface area contributed by atoms with Gasteiger partial charge in [0.05, 0.1) is 11.3 Å². The van der Waals surface area contributed by atoms with E-state index in [1.54, 1.807) is 18.2 Å². The molecule has 0 spiro atoms. The molecule has 4 nitrogen and oxygen atoms in total. The van der Waals surface area contributed by atoms with Gasteiger partial charge >= 0.3 is 0 Å². The molecule has 4 rings (SSSR count). The van der Waals surface area contributed by atoms with Crippen LogP contribution in [0.15, 0.2) is 60.3 Å². The van der Waals surface area contributed by atoms with Crippen LogP contribution >= 0.6 is 11.6 Å². The Morgan fingerprint density at radius 3 is 2.00 bits per heavy atom. The van der Waals surface area contributed by atoms with Crippen molar-refractivity contribution in [1.29, 1.82) is 0 Å². The third-order valence-electron chi connectivity index (χ3n) is 5.78. The van der Waals surface area contributed by atoms with Gasteiger partial charge in [0, 0.05) is 10.7 Å². The van der Waals surface area contributed by atoms with Crippen molar-refractivity contribution in [2.45, 2.75) is 34.6 Å². The fourth-order valence-corrected chi connectivity index (χ4v) is 4.39. The first-order valence-electron chi connectivity index (χ1n) is 10.5. The maximum atomic E-state index is 13.7. The van der Waals surface area contributed by atoms with Crippen LogP contribution in [0.2, 0.25) is 5.02 Å². The predicted molar refractivity (Wildman–Crippen MR) is 131 cm³/mol. The van der Waals surface area contributed by atoms with E-state index in [1.165, 1.54) is 4.90 Å². The van der Waals surface area contributed by atoms with Crippen molar-refractivity contribution in [1.82, 2.24) is 0 Å². The number of hydrogen-bond acceptors (Lipinski definition) is 3. The summed E-state index contributed by atoms with van der Waals surface area (Å²) in [6.45, 7) is 9.80. The zero-order valence-corrected chi connectivity index (χ0v) is 19.6. The van der Waals surface area contributed by atoms with E-state index in [0.29, 0.717) is 16.3 Å². The van der Waals surface area contributed by atoms with E-state index >= 15 is 0 Å². The van der Waals surface area contributed by atoms with Crippen LogP contribution in [0.3, 0.4) is 0 Å². The quantitative estimate of drug-likeness (QED) is 0.482. The molecule has 1 heterocycles. The summed E-state index contributed by atoms with van der Waals surface area (Å²) < 4.78 is 0. The molecule has 0 radical (unpaired) electrons. The highest BCUT2D eigenvalue weighted by molar-refractivity contribution is 6.46. The number of amides is 2. The Morgan fingerprint density at radius 1 is 0.719 bits per heavy atom. The average Bonchev–Trinajstić information content (AvgIpc) is 2.94. The summed E-state index contributed by atoms with van der Waals surface area (Å²) in [5.41, 5.74) is 7.65. The lowest BCUT2D eigenvalue weighted by atomic mass is 9.97. The number of anilines is 2. The van der Waals surface area contributed by atoms with E-state index in [-0.39, 0.29) is 17.5 Å². The predicted octanol–water partition coefficient (Wildman–Crippen LogP) is 6.28. The third kappa shape index (κ3) is 3.82. The second-order valence-electron chi connectivity index (χ2n) is 8.39. The largest absolute Gasteiger partial charge is 0.350 e. The summed E-state index contributed by atoms with van der Waals surface area (Å²) in [4.78, 5) is 28.6. The smallest absolute Gasteiger partial charge is 0.282 e. The van der Waals surface area contributed by atoms with Crippen molar-refractivity contribution >= 4 is 40.4 Å². The standard InChI is InChI=1S/C27H25ClN2O2/c1-15-6-9-21(17(3)12-15)24-25(29-22-10-7-16(2)13-18(22)4)27(32)30(26(24)31)23-11-8-20(28)14-19(23)5/h6-14,29H,1-5H3. The molecule has 0 atom stereocenters. The molecular formula is C27H25ClN2O2. The summed E-state index contributed by atoms with van der Waals surface area (Å²) in [5, 5.41) is 3.84. The molecule has 1 aliphatic heterocycles. The molecule has 1 aliphatic rings. The molecule has 0 saturated heterocycles. The number of benzene rings is 3. The van der Waals surface area contributed by atoms with Crippen LogP contribution < -0.4 is 10.2 Å². The number of hydrogen-bond donors (Lipinski definition) is 1. The van der Waals surface area contributed by atoms with Crippen LogP contribution in [0.5, 0.6) is 0 Å². The number of nitrogens with zero attached hydrogens (tertiary/aromatic N) is 1. The lowest BCUT2D eigenvalue weighted by Gasteiger charge is -2.18. The maximum absolute atomic E-state index is 13.7. The monoisotopic (exact) mass is 444 g/mol.